The van der Waals surface area contributed by atoms with E-state index in [1.807, 2.05) is 0 Å². The van der Waals surface area contributed by atoms with Crippen LogP contribution in [0.4, 0.5) is 8.78 Å². The molecule has 134 valence electrons. The van der Waals surface area contributed by atoms with Gasteiger partial charge in [0.1, 0.15) is 18.1 Å². The molecule has 1 aromatic heterocycles. The second-order valence-electron chi connectivity index (χ2n) is 5.30. The van der Waals surface area contributed by atoms with E-state index in [-0.39, 0.29) is 24.7 Å². The van der Waals surface area contributed by atoms with Crippen LogP contribution in [0.25, 0.3) is 11.3 Å². The van der Waals surface area contributed by atoms with Gasteiger partial charge in [-0.3, -0.25) is 0 Å². The number of hydrogen-bond donors (Lipinski definition) is 1. The van der Waals surface area contributed by atoms with Gasteiger partial charge in [0.05, 0.1) is 6.61 Å². The Morgan fingerprint density at radius 1 is 1.08 bits per heavy atom. The average Bonchev–Trinajstić information content (AvgIpc) is 3.13. The summed E-state index contributed by atoms with van der Waals surface area (Å²) in [5, 5.41) is 10.2. The summed E-state index contributed by atoms with van der Waals surface area (Å²) in [5.41, 5.74) is 1.98. The van der Waals surface area contributed by atoms with E-state index in [1.54, 1.807) is 31.2 Å². The standard InChI is InChI=1S/C18H15F2N3O3/c1-2-25-18(24)17-16(21-23-22-17)12-5-3-11(4-6-12)10-26-13-7-8-14(19)15(20)9-13/h3-9H,2,10H2,1H3,(H,21,22,23). The van der Waals surface area contributed by atoms with E-state index in [1.165, 1.54) is 6.07 Å². The third-order valence-electron chi connectivity index (χ3n) is 3.54. The molecule has 6 nitrogen and oxygen atoms in total. The first-order chi connectivity index (χ1) is 12.6. The number of esters is 1. The minimum absolute atomic E-state index is 0.109. The molecule has 0 spiro atoms. The summed E-state index contributed by atoms with van der Waals surface area (Å²) in [5.74, 6) is -2.21. The van der Waals surface area contributed by atoms with Crippen LogP contribution in [0.15, 0.2) is 42.5 Å². The first-order valence-corrected chi connectivity index (χ1v) is 7.83. The molecule has 0 fully saturated rings. The summed E-state index contributed by atoms with van der Waals surface area (Å²) < 4.78 is 36.4. The topological polar surface area (TPSA) is 77.1 Å². The lowest BCUT2D eigenvalue weighted by molar-refractivity contribution is 0.0520. The highest BCUT2D eigenvalue weighted by Gasteiger charge is 2.18. The molecular weight excluding hydrogens is 344 g/mol. The molecule has 0 unspecified atom stereocenters. The molecule has 2 aromatic carbocycles. The predicted octanol–water partition coefficient (Wildman–Crippen LogP) is 3.51. The van der Waals surface area contributed by atoms with Crippen LogP contribution in [0.2, 0.25) is 0 Å². The lowest BCUT2D eigenvalue weighted by atomic mass is 10.1. The molecule has 26 heavy (non-hydrogen) atoms. The number of halogens is 2. The van der Waals surface area contributed by atoms with Crippen molar-refractivity contribution in [1.82, 2.24) is 15.4 Å². The molecule has 0 saturated carbocycles. The van der Waals surface area contributed by atoms with Gasteiger partial charge >= 0.3 is 5.97 Å². The van der Waals surface area contributed by atoms with Crippen LogP contribution in [0, 0.1) is 11.6 Å². The van der Waals surface area contributed by atoms with Crippen LogP contribution in [0.3, 0.4) is 0 Å². The zero-order chi connectivity index (χ0) is 18.5. The van der Waals surface area contributed by atoms with E-state index < -0.39 is 17.6 Å². The first kappa shape index (κ1) is 17.5. The molecule has 3 rings (SSSR count). The Balaban J connectivity index is 1.70. The SMILES string of the molecule is CCOC(=O)c1n[nH]nc1-c1ccc(COc2ccc(F)c(F)c2)cc1. The Morgan fingerprint density at radius 2 is 1.85 bits per heavy atom. The Bertz CT molecular complexity index is 910. The number of aromatic nitrogens is 3. The Kier molecular flexibility index (Phi) is 5.21. The van der Waals surface area contributed by atoms with E-state index in [2.05, 4.69) is 15.4 Å². The third-order valence-corrected chi connectivity index (χ3v) is 3.54. The molecule has 0 aliphatic rings. The van der Waals surface area contributed by atoms with E-state index in [0.717, 1.165) is 17.7 Å². The second kappa shape index (κ2) is 7.73. The van der Waals surface area contributed by atoms with Crippen molar-refractivity contribution in [2.75, 3.05) is 6.61 Å². The largest absolute Gasteiger partial charge is 0.489 e. The van der Waals surface area contributed by atoms with Gasteiger partial charge in [0.15, 0.2) is 17.3 Å². The van der Waals surface area contributed by atoms with Crippen molar-refractivity contribution in [1.29, 1.82) is 0 Å². The van der Waals surface area contributed by atoms with Gasteiger partial charge in [-0.05, 0) is 24.6 Å². The highest BCUT2D eigenvalue weighted by Crippen LogP contribution is 2.22. The highest BCUT2D eigenvalue weighted by molar-refractivity contribution is 5.93. The fourth-order valence-electron chi connectivity index (χ4n) is 2.27. The molecule has 0 amide bonds. The Morgan fingerprint density at radius 3 is 2.54 bits per heavy atom. The van der Waals surface area contributed by atoms with Gasteiger partial charge in [-0.2, -0.15) is 10.3 Å². The van der Waals surface area contributed by atoms with Crippen LogP contribution in [0.5, 0.6) is 5.75 Å². The van der Waals surface area contributed by atoms with Gasteiger partial charge in [-0.1, -0.05) is 24.3 Å². The summed E-state index contributed by atoms with van der Waals surface area (Å²) in [7, 11) is 0. The van der Waals surface area contributed by atoms with E-state index in [9.17, 15) is 13.6 Å². The fraction of sp³-hybridized carbons (Fsp3) is 0.167. The zero-order valence-electron chi connectivity index (χ0n) is 13.8. The quantitative estimate of drug-likeness (QED) is 0.682. The number of H-pyrrole nitrogens is 1. The number of nitrogens with zero attached hydrogens (tertiary/aromatic N) is 2. The third kappa shape index (κ3) is 3.85. The van der Waals surface area contributed by atoms with Crippen LogP contribution in [-0.4, -0.2) is 28.0 Å². The minimum atomic E-state index is -0.963. The van der Waals surface area contributed by atoms with Crippen molar-refractivity contribution in [2.24, 2.45) is 0 Å². The van der Waals surface area contributed by atoms with E-state index in [0.29, 0.717) is 11.3 Å². The van der Waals surface area contributed by atoms with Gasteiger partial charge < -0.3 is 9.47 Å². The number of ether oxygens (including phenoxy) is 2. The zero-order valence-corrected chi connectivity index (χ0v) is 13.8. The maximum absolute atomic E-state index is 13.2. The molecular formula is C18H15F2N3O3. The molecule has 1 N–H and O–H groups in total. The monoisotopic (exact) mass is 359 g/mol. The fourth-order valence-corrected chi connectivity index (χ4v) is 2.27. The first-order valence-electron chi connectivity index (χ1n) is 7.83. The molecule has 0 atom stereocenters. The van der Waals surface area contributed by atoms with Crippen LogP contribution in [-0.2, 0) is 11.3 Å². The summed E-state index contributed by atoms with van der Waals surface area (Å²) in [6, 6.07) is 10.4. The molecule has 0 saturated heterocycles. The number of benzene rings is 2. The second-order valence-corrected chi connectivity index (χ2v) is 5.30. The van der Waals surface area contributed by atoms with E-state index >= 15 is 0 Å². The lowest BCUT2D eigenvalue weighted by Crippen LogP contribution is -2.06. The highest BCUT2D eigenvalue weighted by atomic mass is 19.2. The van der Waals surface area contributed by atoms with Gasteiger partial charge in [-0.15, -0.1) is 5.10 Å². The van der Waals surface area contributed by atoms with Crippen LogP contribution < -0.4 is 4.74 Å². The maximum Gasteiger partial charge on any atom is 0.361 e. The molecule has 0 aliphatic heterocycles. The molecule has 8 heteroatoms. The summed E-state index contributed by atoms with van der Waals surface area (Å²) in [4.78, 5) is 11.9. The van der Waals surface area contributed by atoms with Crippen molar-refractivity contribution in [3.8, 4) is 17.0 Å². The smallest absolute Gasteiger partial charge is 0.361 e. The number of carbonyl (C=O) groups excluding carboxylic acids is 1. The number of hydrogen-bond acceptors (Lipinski definition) is 5. The Hall–Kier alpha value is -3.29. The molecule has 0 radical (unpaired) electrons. The van der Waals surface area contributed by atoms with Gasteiger partial charge in [-0.25, -0.2) is 13.6 Å². The number of carbonyl (C=O) groups is 1. The van der Waals surface area contributed by atoms with Crippen molar-refractivity contribution >= 4 is 5.97 Å². The van der Waals surface area contributed by atoms with Crippen LogP contribution >= 0.6 is 0 Å². The summed E-state index contributed by atoms with van der Waals surface area (Å²) in [6.07, 6.45) is 0. The van der Waals surface area contributed by atoms with Gasteiger partial charge in [0.25, 0.3) is 0 Å². The van der Waals surface area contributed by atoms with Crippen molar-refractivity contribution < 1.29 is 23.0 Å². The van der Waals surface area contributed by atoms with Gasteiger partial charge in [0, 0.05) is 11.6 Å². The average molecular weight is 359 g/mol. The Labute approximate surface area is 147 Å². The van der Waals surface area contributed by atoms with Gasteiger partial charge in [0.2, 0.25) is 0 Å². The number of rotatable bonds is 6. The predicted molar refractivity (Wildman–Crippen MR) is 88.5 cm³/mol. The molecule has 0 aliphatic carbocycles. The molecule has 0 bridgehead atoms. The number of aromatic amines is 1. The summed E-state index contributed by atoms with van der Waals surface area (Å²) in [6.45, 7) is 2.12. The normalized spacial score (nSPS) is 10.6. The minimum Gasteiger partial charge on any atom is -0.489 e. The van der Waals surface area contributed by atoms with E-state index in [4.69, 9.17) is 9.47 Å². The van der Waals surface area contributed by atoms with Crippen molar-refractivity contribution in [3.05, 3.63) is 65.4 Å². The maximum atomic E-state index is 13.2. The number of nitrogens with one attached hydrogen (secondary N) is 1. The summed E-state index contributed by atoms with van der Waals surface area (Å²) >= 11 is 0. The van der Waals surface area contributed by atoms with Crippen molar-refractivity contribution in [2.45, 2.75) is 13.5 Å². The van der Waals surface area contributed by atoms with Crippen molar-refractivity contribution in [3.63, 3.8) is 0 Å². The lowest BCUT2D eigenvalue weighted by Gasteiger charge is -2.07. The molecule has 1 heterocycles. The molecule has 3 aromatic rings. The van der Waals surface area contributed by atoms with Crippen LogP contribution in [0.1, 0.15) is 23.0 Å².